The Morgan fingerprint density at radius 1 is 1.05 bits per heavy atom. The number of carbonyl (C=O) groups is 2. The van der Waals surface area contributed by atoms with Gasteiger partial charge in [-0.15, -0.1) is 0 Å². The van der Waals surface area contributed by atoms with Crippen LogP contribution in [0.4, 0.5) is 0 Å². The van der Waals surface area contributed by atoms with Crippen molar-refractivity contribution < 1.29 is 22.7 Å². The van der Waals surface area contributed by atoms with Gasteiger partial charge in [-0.2, -0.15) is 0 Å². The Bertz CT molecular complexity index is 1700. The summed E-state index contributed by atoms with van der Waals surface area (Å²) in [6, 6.07) is 17.3. The lowest BCUT2D eigenvalue weighted by Gasteiger charge is -2.20. The molecule has 0 saturated carbocycles. The predicted molar refractivity (Wildman–Crippen MR) is 166 cm³/mol. The first-order valence-corrected chi connectivity index (χ1v) is 15.7. The van der Waals surface area contributed by atoms with Crippen molar-refractivity contribution in [3.8, 4) is 5.75 Å². The zero-order chi connectivity index (χ0) is 30.4. The molecule has 3 aromatic carbocycles. The molecule has 1 unspecified atom stereocenters. The Kier molecular flexibility index (Phi) is 9.96. The molecule has 2 amide bonds. The summed E-state index contributed by atoms with van der Waals surface area (Å²) in [6.07, 6.45) is 5.82. The van der Waals surface area contributed by atoms with E-state index in [0.29, 0.717) is 12.2 Å². The number of H-pyrrole nitrogens is 1. The molecule has 0 radical (unpaired) electrons. The van der Waals surface area contributed by atoms with Crippen LogP contribution < -0.4 is 9.46 Å². The fraction of sp³-hybridized carbons (Fsp3) is 0.312. The molecule has 0 saturated heterocycles. The molecule has 0 spiro atoms. The molecular formula is C32H36ClN3O5S. The number of hydrogen-bond acceptors (Lipinski definition) is 5. The van der Waals surface area contributed by atoms with Crippen molar-refractivity contribution in [3.05, 3.63) is 94.1 Å². The summed E-state index contributed by atoms with van der Waals surface area (Å²) in [5.41, 5.74) is 4.32. The van der Waals surface area contributed by atoms with Gasteiger partial charge in [0.1, 0.15) is 10.6 Å². The van der Waals surface area contributed by atoms with Crippen LogP contribution in [0.2, 0.25) is 5.02 Å². The van der Waals surface area contributed by atoms with Crippen molar-refractivity contribution in [1.82, 2.24) is 14.6 Å². The summed E-state index contributed by atoms with van der Waals surface area (Å²) in [7, 11) is 0.900. The molecule has 1 atom stereocenters. The van der Waals surface area contributed by atoms with Gasteiger partial charge in [0.15, 0.2) is 0 Å². The molecule has 222 valence electrons. The van der Waals surface area contributed by atoms with E-state index < -0.39 is 15.9 Å². The molecular weight excluding hydrogens is 574 g/mol. The van der Waals surface area contributed by atoms with Crippen molar-refractivity contribution in [2.45, 2.75) is 49.8 Å². The Hall–Kier alpha value is -3.82. The second-order valence-corrected chi connectivity index (χ2v) is 12.5. The number of nitrogens with one attached hydrogen (secondary N) is 2. The maximum Gasteiger partial charge on any atom is 0.265 e. The van der Waals surface area contributed by atoms with Gasteiger partial charge in [0.2, 0.25) is 5.91 Å². The van der Waals surface area contributed by atoms with Gasteiger partial charge in [0.25, 0.3) is 15.9 Å². The summed E-state index contributed by atoms with van der Waals surface area (Å²) >= 11 is 6.05. The number of aromatic amines is 1. The van der Waals surface area contributed by atoms with E-state index >= 15 is 0 Å². The average molecular weight is 610 g/mol. The molecule has 2 N–H and O–H groups in total. The first-order chi connectivity index (χ1) is 20.1. The van der Waals surface area contributed by atoms with E-state index in [-0.39, 0.29) is 27.3 Å². The number of aryl methyl sites for hydroxylation is 1. The number of ether oxygens (including phenoxy) is 1. The Labute approximate surface area is 252 Å². The molecule has 8 nitrogen and oxygen atoms in total. The van der Waals surface area contributed by atoms with E-state index in [0.717, 1.165) is 53.3 Å². The van der Waals surface area contributed by atoms with Crippen LogP contribution in [0.15, 0.2) is 71.8 Å². The van der Waals surface area contributed by atoms with Gasteiger partial charge in [-0.1, -0.05) is 49.2 Å². The van der Waals surface area contributed by atoms with E-state index in [2.05, 4.69) is 34.8 Å². The quantitative estimate of drug-likeness (QED) is 0.196. The zero-order valence-electron chi connectivity index (χ0n) is 24.2. The van der Waals surface area contributed by atoms with Crippen LogP contribution in [-0.4, -0.2) is 51.3 Å². The fourth-order valence-electron chi connectivity index (χ4n) is 5.11. The minimum atomic E-state index is -4.17. The SMILES string of the molecule is CCCC(c1ccc(C(=O)NS(=O)(=O)c2ccccc2Cl)cc1OC)c1c[nH]c2ccc(CCCC(=O)N(C)C)cc12. The number of methoxy groups -OCH3 is 1. The molecule has 0 fully saturated rings. The average Bonchev–Trinajstić information content (AvgIpc) is 3.38. The number of amides is 2. The molecule has 42 heavy (non-hydrogen) atoms. The van der Waals surface area contributed by atoms with E-state index in [1.54, 1.807) is 37.2 Å². The second-order valence-electron chi connectivity index (χ2n) is 10.4. The van der Waals surface area contributed by atoms with Crippen molar-refractivity contribution in [3.63, 3.8) is 0 Å². The van der Waals surface area contributed by atoms with E-state index in [9.17, 15) is 18.0 Å². The van der Waals surface area contributed by atoms with Crippen LogP contribution in [-0.2, 0) is 21.2 Å². The smallest absolute Gasteiger partial charge is 0.265 e. The van der Waals surface area contributed by atoms with Crippen LogP contribution in [0.25, 0.3) is 10.9 Å². The number of nitrogens with zero attached hydrogens (tertiary/aromatic N) is 1. The van der Waals surface area contributed by atoms with E-state index in [4.69, 9.17) is 16.3 Å². The Balaban J connectivity index is 1.62. The number of aromatic nitrogens is 1. The monoisotopic (exact) mass is 609 g/mol. The lowest BCUT2D eigenvalue weighted by atomic mass is 9.86. The number of benzene rings is 3. The van der Waals surface area contributed by atoms with Crippen molar-refractivity contribution >= 4 is 44.3 Å². The highest BCUT2D eigenvalue weighted by atomic mass is 35.5. The largest absolute Gasteiger partial charge is 0.496 e. The first-order valence-electron chi connectivity index (χ1n) is 13.8. The second kappa shape index (κ2) is 13.4. The summed E-state index contributed by atoms with van der Waals surface area (Å²) in [5, 5.41) is 1.12. The van der Waals surface area contributed by atoms with Gasteiger partial charge >= 0.3 is 0 Å². The third-order valence-electron chi connectivity index (χ3n) is 7.31. The van der Waals surface area contributed by atoms with Crippen LogP contribution in [0.1, 0.15) is 65.6 Å². The normalized spacial score (nSPS) is 12.2. The van der Waals surface area contributed by atoms with Gasteiger partial charge in [0, 0.05) is 54.7 Å². The molecule has 1 heterocycles. The molecule has 0 aliphatic rings. The molecule has 1 aromatic heterocycles. The highest BCUT2D eigenvalue weighted by Crippen LogP contribution is 2.39. The standard InChI is InChI=1S/C32H36ClN3O5S/c1-5-9-23(26-20-34-28-17-14-21(18-25(26)28)10-8-13-31(37)36(2)3)24-16-15-22(19-29(24)41-4)32(38)35-42(39,40)30-12-7-6-11-27(30)33/h6-7,11-12,14-20,23,34H,5,8-10,13H2,1-4H3,(H,35,38). The minimum absolute atomic E-state index is 0.0251. The number of carbonyl (C=O) groups excluding carboxylic acids is 2. The van der Waals surface area contributed by atoms with Gasteiger partial charge in [-0.25, -0.2) is 13.1 Å². The molecule has 0 aliphatic heterocycles. The minimum Gasteiger partial charge on any atom is -0.496 e. The van der Waals surface area contributed by atoms with E-state index in [1.165, 1.54) is 25.3 Å². The van der Waals surface area contributed by atoms with Crippen LogP contribution in [0.3, 0.4) is 0 Å². The van der Waals surface area contributed by atoms with Gasteiger partial charge in [-0.3, -0.25) is 9.59 Å². The Morgan fingerprint density at radius 2 is 1.81 bits per heavy atom. The number of rotatable bonds is 12. The zero-order valence-corrected chi connectivity index (χ0v) is 25.8. The fourth-order valence-corrected chi connectivity index (χ4v) is 6.60. The third-order valence-corrected chi connectivity index (χ3v) is 9.14. The van der Waals surface area contributed by atoms with Crippen molar-refractivity contribution in [1.29, 1.82) is 0 Å². The molecule has 0 aliphatic carbocycles. The number of halogens is 1. The van der Waals surface area contributed by atoms with Crippen LogP contribution >= 0.6 is 11.6 Å². The van der Waals surface area contributed by atoms with Gasteiger partial charge in [0.05, 0.1) is 12.1 Å². The maximum absolute atomic E-state index is 13.0. The summed E-state index contributed by atoms with van der Waals surface area (Å²) in [5.74, 6) is -0.208. The Morgan fingerprint density at radius 3 is 2.50 bits per heavy atom. The lowest BCUT2D eigenvalue weighted by molar-refractivity contribution is -0.128. The summed E-state index contributed by atoms with van der Waals surface area (Å²) < 4.78 is 33.5. The predicted octanol–water partition coefficient (Wildman–Crippen LogP) is 6.29. The molecule has 4 rings (SSSR count). The van der Waals surface area contributed by atoms with Gasteiger partial charge < -0.3 is 14.6 Å². The highest BCUT2D eigenvalue weighted by Gasteiger charge is 2.25. The van der Waals surface area contributed by atoms with Crippen molar-refractivity contribution in [2.75, 3.05) is 21.2 Å². The van der Waals surface area contributed by atoms with Crippen molar-refractivity contribution in [2.24, 2.45) is 0 Å². The first kappa shape index (κ1) is 31.1. The third kappa shape index (κ3) is 6.97. The van der Waals surface area contributed by atoms with Crippen LogP contribution in [0.5, 0.6) is 5.75 Å². The number of fused-ring (bicyclic) bond motifs is 1. The highest BCUT2D eigenvalue weighted by molar-refractivity contribution is 7.90. The topological polar surface area (TPSA) is 109 Å². The molecule has 10 heteroatoms. The summed E-state index contributed by atoms with van der Waals surface area (Å²) in [6.45, 7) is 2.11. The number of hydrogen-bond donors (Lipinski definition) is 2. The van der Waals surface area contributed by atoms with Gasteiger partial charge in [-0.05, 0) is 66.8 Å². The maximum atomic E-state index is 13.0. The molecule has 0 bridgehead atoms. The van der Waals surface area contributed by atoms with Crippen LogP contribution in [0, 0.1) is 0 Å². The molecule has 4 aromatic rings. The summed E-state index contributed by atoms with van der Waals surface area (Å²) in [4.78, 5) is 29.8. The number of sulfonamides is 1. The lowest BCUT2D eigenvalue weighted by Crippen LogP contribution is -2.30. The van der Waals surface area contributed by atoms with E-state index in [1.807, 2.05) is 12.3 Å².